The second-order valence-corrected chi connectivity index (χ2v) is 7.01. The quantitative estimate of drug-likeness (QED) is 0.774. The molecule has 0 bridgehead atoms. The molecule has 2 aromatic carbocycles. The lowest BCUT2D eigenvalue weighted by molar-refractivity contribution is -0.122. The summed E-state index contributed by atoms with van der Waals surface area (Å²) in [5, 5.41) is 0.900. The van der Waals surface area contributed by atoms with E-state index in [-0.39, 0.29) is 5.91 Å². The predicted octanol–water partition coefficient (Wildman–Crippen LogP) is 4.17. The molecule has 0 aliphatic carbocycles. The molecule has 0 saturated heterocycles. The van der Waals surface area contributed by atoms with Crippen LogP contribution in [-0.2, 0) is 4.79 Å². The van der Waals surface area contributed by atoms with Crippen molar-refractivity contribution in [2.75, 3.05) is 17.7 Å². The molecule has 2 aromatic rings. The molecule has 0 spiro atoms. The van der Waals surface area contributed by atoms with Crippen molar-refractivity contribution in [3.63, 3.8) is 0 Å². The maximum atomic E-state index is 12.8. The molecular weight excluding hydrogens is 345 g/mol. The fraction of sp³-hybridized carbons (Fsp3) is 0.222. The highest BCUT2D eigenvalue weighted by Crippen LogP contribution is 2.39. The van der Waals surface area contributed by atoms with Crippen molar-refractivity contribution in [3.8, 4) is 0 Å². The molecule has 2 N–H and O–H groups in total. The topological polar surface area (TPSA) is 58.7 Å². The maximum absolute atomic E-state index is 12.8. The molecule has 3 rings (SSSR count). The number of nitrogens with two attached hydrogens (primary N) is 1. The van der Waals surface area contributed by atoms with Gasteiger partial charge in [-0.05, 0) is 32.0 Å². The minimum Gasteiger partial charge on any atom is -0.398 e. The molecule has 4 nitrogen and oxygen atoms in total. The lowest BCUT2D eigenvalue weighted by Crippen LogP contribution is -2.41. The first-order valence-corrected chi connectivity index (χ1v) is 8.21. The Morgan fingerprint density at radius 2 is 1.79 bits per heavy atom. The third-order valence-corrected chi connectivity index (χ3v) is 4.83. The number of fused-ring (bicyclic) bond motifs is 1. The minimum atomic E-state index is -0.958. The van der Waals surface area contributed by atoms with Crippen LogP contribution in [0.15, 0.2) is 41.4 Å². The summed E-state index contributed by atoms with van der Waals surface area (Å²) >= 11 is 12.9. The third kappa shape index (κ3) is 2.56. The van der Waals surface area contributed by atoms with Crippen LogP contribution in [0.3, 0.4) is 0 Å². The first kappa shape index (κ1) is 16.8. The highest BCUT2D eigenvalue weighted by atomic mass is 35.5. The van der Waals surface area contributed by atoms with Gasteiger partial charge in [0.2, 0.25) is 0 Å². The van der Waals surface area contributed by atoms with Gasteiger partial charge in [0, 0.05) is 23.2 Å². The number of amides is 1. The average molecular weight is 362 g/mol. The highest BCUT2D eigenvalue weighted by Gasteiger charge is 2.37. The summed E-state index contributed by atoms with van der Waals surface area (Å²) in [5.41, 5.74) is 8.02. The standard InChI is InChI=1S/C18H17Cl2N3O/c1-18(2)17(24)23(3)13-9-8-12(21)15(20)14(13)16(22-18)10-6-4-5-7-11(10)19/h4-9H,21H2,1-3H3. The lowest BCUT2D eigenvalue weighted by Gasteiger charge is -2.24. The van der Waals surface area contributed by atoms with Gasteiger partial charge in [-0.2, -0.15) is 0 Å². The summed E-state index contributed by atoms with van der Waals surface area (Å²) in [7, 11) is 1.71. The van der Waals surface area contributed by atoms with Crippen LogP contribution in [0.1, 0.15) is 25.0 Å². The van der Waals surface area contributed by atoms with E-state index in [1.54, 1.807) is 44.0 Å². The van der Waals surface area contributed by atoms with E-state index in [4.69, 9.17) is 33.9 Å². The van der Waals surface area contributed by atoms with Gasteiger partial charge in [-0.3, -0.25) is 9.79 Å². The minimum absolute atomic E-state index is 0.133. The zero-order chi connectivity index (χ0) is 17.6. The van der Waals surface area contributed by atoms with Gasteiger partial charge in [-0.25, -0.2) is 0 Å². The fourth-order valence-corrected chi connectivity index (χ4v) is 3.31. The Bertz CT molecular complexity index is 875. The normalized spacial score (nSPS) is 16.5. The summed E-state index contributed by atoms with van der Waals surface area (Å²) in [6.07, 6.45) is 0. The van der Waals surface area contributed by atoms with Crippen molar-refractivity contribution < 1.29 is 4.79 Å². The van der Waals surface area contributed by atoms with E-state index in [1.807, 2.05) is 18.2 Å². The molecule has 0 unspecified atom stereocenters. The number of anilines is 2. The second kappa shape index (κ2) is 5.80. The number of carbonyl (C=O) groups excluding carboxylic acids is 1. The molecule has 0 fully saturated rings. The number of carbonyl (C=O) groups is 1. The second-order valence-electron chi connectivity index (χ2n) is 6.23. The number of halogens is 2. The summed E-state index contributed by atoms with van der Waals surface area (Å²) in [6, 6.07) is 10.8. The van der Waals surface area contributed by atoms with Gasteiger partial charge in [0.05, 0.1) is 22.1 Å². The van der Waals surface area contributed by atoms with E-state index < -0.39 is 5.54 Å². The van der Waals surface area contributed by atoms with Crippen LogP contribution in [0, 0.1) is 0 Å². The monoisotopic (exact) mass is 361 g/mol. The molecule has 6 heteroatoms. The molecule has 124 valence electrons. The summed E-state index contributed by atoms with van der Waals surface area (Å²) in [6.45, 7) is 3.54. The molecule has 1 amide bonds. The van der Waals surface area contributed by atoms with Crippen molar-refractivity contribution in [1.82, 2.24) is 0 Å². The van der Waals surface area contributed by atoms with Crippen molar-refractivity contribution in [2.45, 2.75) is 19.4 Å². The van der Waals surface area contributed by atoms with Crippen LogP contribution >= 0.6 is 23.2 Å². The number of rotatable bonds is 1. The van der Waals surface area contributed by atoms with Crippen molar-refractivity contribution in [3.05, 3.63) is 57.6 Å². The molecule has 0 saturated carbocycles. The number of likely N-dealkylation sites (N-methyl/N-ethyl adjacent to an activating group) is 1. The van der Waals surface area contributed by atoms with E-state index >= 15 is 0 Å². The molecule has 1 aliphatic rings. The number of hydrogen-bond acceptors (Lipinski definition) is 3. The number of aliphatic imine (C=N–C) groups is 1. The zero-order valence-corrected chi connectivity index (χ0v) is 15.1. The van der Waals surface area contributed by atoms with Gasteiger partial charge in [0.15, 0.2) is 0 Å². The predicted molar refractivity (Wildman–Crippen MR) is 100 cm³/mol. The number of benzene rings is 2. The summed E-state index contributed by atoms with van der Waals surface area (Å²) in [5.74, 6) is -0.133. The Hall–Kier alpha value is -2.04. The molecule has 0 radical (unpaired) electrons. The third-order valence-electron chi connectivity index (χ3n) is 4.10. The molecule has 0 aromatic heterocycles. The number of nitrogens with zero attached hydrogens (tertiary/aromatic N) is 2. The Morgan fingerprint density at radius 1 is 1.12 bits per heavy atom. The Labute approximate surface area is 150 Å². The van der Waals surface area contributed by atoms with Crippen LogP contribution in [0.2, 0.25) is 10.0 Å². The van der Waals surface area contributed by atoms with Gasteiger partial charge in [0.25, 0.3) is 5.91 Å². The first-order chi connectivity index (χ1) is 11.2. The molecule has 1 aliphatic heterocycles. The Kier molecular flexibility index (Phi) is 4.06. The smallest absolute Gasteiger partial charge is 0.254 e. The van der Waals surface area contributed by atoms with Crippen molar-refractivity contribution in [1.29, 1.82) is 0 Å². The number of benzodiazepines with no additional fused rings is 1. The van der Waals surface area contributed by atoms with Crippen LogP contribution < -0.4 is 10.6 Å². The SMILES string of the molecule is CN1C(=O)C(C)(C)N=C(c2ccccc2Cl)c2c1ccc(N)c2Cl. The highest BCUT2D eigenvalue weighted by molar-refractivity contribution is 6.41. The lowest BCUT2D eigenvalue weighted by atomic mass is 9.99. The van der Waals surface area contributed by atoms with E-state index in [1.165, 1.54) is 0 Å². The van der Waals surface area contributed by atoms with Crippen LogP contribution in [0.4, 0.5) is 11.4 Å². The zero-order valence-electron chi connectivity index (χ0n) is 13.6. The van der Waals surface area contributed by atoms with Gasteiger partial charge >= 0.3 is 0 Å². The summed E-state index contributed by atoms with van der Waals surface area (Å²) in [4.78, 5) is 19.1. The molecular formula is C18H17Cl2N3O. The van der Waals surface area contributed by atoms with Crippen LogP contribution in [0.25, 0.3) is 0 Å². The largest absolute Gasteiger partial charge is 0.398 e. The average Bonchev–Trinajstić information content (AvgIpc) is 2.61. The van der Waals surface area contributed by atoms with E-state index in [0.29, 0.717) is 38.3 Å². The number of hydrogen-bond donors (Lipinski definition) is 1. The van der Waals surface area contributed by atoms with Crippen LogP contribution in [0.5, 0.6) is 0 Å². The van der Waals surface area contributed by atoms with E-state index in [9.17, 15) is 4.79 Å². The van der Waals surface area contributed by atoms with Crippen molar-refractivity contribution in [2.24, 2.45) is 4.99 Å². The molecule has 1 heterocycles. The van der Waals surface area contributed by atoms with E-state index in [0.717, 1.165) is 0 Å². The Morgan fingerprint density at radius 3 is 2.46 bits per heavy atom. The van der Waals surface area contributed by atoms with Crippen molar-refractivity contribution >= 4 is 46.2 Å². The fourth-order valence-electron chi connectivity index (χ4n) is 2.84. The van der Waals surface area contributed by atoms with Gasteiger partial charge in [-0.15, -0.1) is 0 Å². The number of nitrogen functional groups attached to an aromatic ring is 1. The summed E-state index contributed by atoms with van der Waals surface area (Å²) < 4.78 is 0. The van der Waals surface area contributed by atoms with Crippen LogP contribution in [-0.4, -0.2) is 24.2 Å². The molecule has 0 atom stereocenters. The first-order valence-electron chi connectivity index (χ1n) is 7.45. The van der Waals surface area contributed by atoms with Gasteiger partial charge < -0.3 is 10.6 Å². The van der Waals surface area contributed by atoms with Gasteiger partial charge in [-0.1, -0.05) is 41.4 Å². The maximum Gasteiger partial charge on any atom is 0.254 e. The molecule has 24 heavy (non-hydrogen) atoms. The van der Waals surface area contributed by atoms with E-state index in [2.05, 4.69) is 0 Å². The van der Waals surface area contributed by atoms with Gasteiger partial charge in [0.1, 0.15) is 5.54 Å². The Balaban J connectivity index is 2.42.